The van der Waals surface area contributed by atoms with E-state index in [1.807, 2.05) is 0 Å². The van der Waals surface area contributed by atoms with Gasteiger partial charge in [0.05, 0.1) is 11.7 Å². The summed E-state index contributed by atoms with van der Waals surface area (Å²) in [5.41, 5.74) is 1.30. The van der Waals surface area contributed by atoms with Crippen molar-refractivity contribution >= 4 is 18.5 Å². The highest BCUT2D eigenvalue weighted by molar-refractivity contribution is 7.52. The summed E-state index contributed by atoms with van der Waals surface area (Å²) in [6, 6.07) is 11.4. The van der Waals surface area contributed by atoms with Crippen LogP contribution in [-0.4, -0.2) is 23.8 Å². The minimum Gasteiger partial charge on any atom is -0.312 e. The molecule has 0 fully saturated rings. The first-order valence-corrected chi connectivity index (χ1v) is 9.56. The second kappa shape index (κ2) is 7.11. The van der Waals surface area contributed by atoms with Crippen molar-refractivity contribution in [3.05, 3.63) is 64.2 Å². The fraction of sp³-hybridized carbons (Fsp3) is 0.222. The van der Waals surface area contributed by atoms with E-state index in [1.54, 1.807) is 37.4 Å². The molecule has 0 saturated carbocycles. The normalized spacial score (nSPS) is 11.8. The molecule has 3 aromatic rings. The Hall–Kier alpha value is -2.34. The molecule has 1 heterocycles. The van der Waals surface area contributed by atoms with Crippen LogP contribution in [0, 0.1) is 5.82 Å². The van der Waals surface area contributed by atoms with E-state index in [1.165, 1.54) is 30.9 Å². The summed E-state index contributed by atoms with van der Waals surface area (Å²) in [4.78, 5) is 16.9. The summed E-state index contributed by atoms with van der Waals surface area (Å²) < 4.78 is 37.3. The van der Waals surface area contributed by atoms with Crippen molar-refractivity contribution in [2.75, 3.05) is 14.2 Å². The Bertz CT molecular complexity index is 1060. The maximum Gasteiger partial charge on any atom is 0.334 e. The lowest BCUT2D eigenvalue weighted by molar-refractivity contribution is 0.275. The van der Waals surface area contributed by atoms with Gasteiger partial charge in [0.2, 0.25) is 0 Å². The third kappa shape index (κ3) is 3.33. The molecule has 0 aliphatic heterocycles. The molecule has 3 rings (SSSR count). The first kappa shape index (κ1) is 18.5. The quantitative estimate of drug-likeness (QED) is 0.635. The highest BCUT2D eigenvalue weighted by Gasteiger charge is 2.21. The van der Waals surface area contributed by atoms with Crippen LogP contribution in [-0.2, 0) is 26.8 Å². The molecule has 0 N–H and O–H groups in total. The number of nitrogens with zero attached hydrogens (tertiary/aromatic N) is 2. The van der Waals surface area contributed by atoms with Crippen molar-refractivity contribution in [2.45, 2.75) is 6.16 Å². The molecule has 1 aromatic heterocycles. The summed E-state index contributed by atoms with van der Waals surface area (Å²) in [6.07, 6.45) is 0.134. The second-order valence-corrected chi connectivity index (χ2v) is 8.03. The average molecular weight is 376 g/mol. The van der Waals surface area contributed by atoms with E-state index < -0.39 is 19.0 Å². The predicted octanol–water partition coefficient (Wildman–Crippen LogP) is 3.73. The van der Waals surface area contributed by atoms with Gasteiger partial charge in [-0.15, -0.1) is 0 Å². The van der Waals surface area contributed by atoms with Crippen LogP contribution in [0.3, 0.4) is 0 Å². The number of aromatic nitrogens is 2. The van der Waals surface area contributed by atoms with Gasteiger partial charge >= 0.3 is 7.60 Å². The van der Waals surface area contributed by atoms with E-state index in [2.05, 4.69) is 4.98 Å². The van der Waals surface area contributed by atoms with E-state index in [9.17, 15) is 13.8 Å². The Labute approximate surface area is 149 Å². The number of hydrogen-bond acceptors (Lipinski definition) is 5. The van der Waals surface area contributed by atoms with Crippen LogP contribution in [0.15, 0.2) is 47.3 Å². The van der Waals surface area contributed by atoms with Crippen LogP contribution in [0.1, 0.15) is 5.56 Å². The Balaban J connectivity index is 2.04. The zero-order chi connectivity index (χ0) is 18.9. The number of halogens is 1. The van der Waals surface area contributed by atoms with Crippen molar-refractivity contribution < 1.29 is 18.0 Å². The molecule has 2 aromatic carbocycles. The Morgan fingerprint density at radius 3 is 2.38 bits per heavy atom. The predicted molar refractivity (Wildman–Crippen MR) is 97.7 cm³/mol. The van der Waals surface area contributed by atoms with E-state index in [4.69, 9.17) is 9.05 Å². The molecule has 0 spiro atoms. The van der Waals surface area contributed by atoms with Crippen LogP contribution in [0.25, 0.3) is 22.3 Å². The van der Waals surface area contributed by atoms with Crippen molar-refractivity contribution in [1.82, 2.24) is 9.55 Å². The topological polar surface area (TPSA) is 70.4 Å². The van der Waals surface area contributed by atoms with Gasteiger partial charge in [0.25, 0.3) is 5.56 Å². The zero-order valence-electron chi connectivity index (χ0n) is 14.6. The molecule has 0 atom stereocenters. The van der Waals surface area contributed by atoms with Gasteiger partial charge in [0.1, 0.15) is 17.0 Å². The minimum atomic E-state index is -3.16. The maximum atomic E-state index is 13.9. The molecule has 0 aliphatic rings. The van der Waals surface area contributed by atoms with Crippen LogP contribution in [0.2, 0.25) is 0 Å². The lowest BCUT2D eigenvalue weighted by Crippen LogP contribution is -2.21. The first-order valence-electron chi connectivity index (χ1n) is 7.83. The van der Waals surface area contributed by atoms with Gasteiger partial charge in [-0.05, 0) is 17.7 Å². The van der Waals surface area contributed by atoms with Crippen LogP contribution in [0.4, 0.5) is 4.39 Å². The molecular weight excluding hydrogens is 358 g/mol. The molecule has 0 unspecified atom stereocenters. The van der Waals surface area contributed by atoms with Crippen molar-refractivity contribution in [3.8, 4) is 11.4 Å². The molecule has 0 amide bonds. The Kier molecular flexibility index (Phi) is 5.05. The molecule has 0 saturated heterocycles. The summed E-state index contributed by atoms with van der Waals surface area (Å²) >= 11 is 0. The van der Waals surface area contributed by atoms with E-state index in [0.29, 0.717) is 16.9 Å². The second-order valence-electron chi connectivity index (χ2n) is 5.76. The first-order chi connectivity index (χ1) is 12.4. The SMILES string of the molecule is COP(=O)(Cc1ccc(-c2nc3cccc(F)c3c(=O)n2C)cc1)OC. The molecule has 0 bridgehead atoms. The minimum absolute atomic E-state index is 0.0310. The standard InChI is InChI=1S/C18H18FN2O4P/c1-21-17(20-15-6-4-5-14(19)16(15)18(21)22)13-9-7-12(8-10-13)11-26(23,24-2)25-3/h4-10H,11H2,1-3H3. The molecule has 6 nitrogen and oxygen atoms in total. The number of benzene rings is 2. The lowest BCUT2D eigenvalue weighted by Gasteiger charge is -2.14. The Morgan fingerprint density at radius 1 is 1.12 bits per heavy atom. The number of rotatable bonds is 5. The van der Waals surface area contributed by atoms with Gasteiger partial charge in [-0.2, -0.15) is 0 Å². The largest absolute Gasteiger partial charge is 0.334 e. The molecule has 136 valence electrons. The molecule has 26 heavy (non-hydrogen) atoms. The van der Waals surface area contributed by atoms with Gasteiger partial charge in [-0.3, -0.25) is 13.9 Å². The molecular formula is C18H18FN2O4P. The van der Waals surface area contributed by atoms with Gasteiger partial charge in [0, 0.05) is 26.8 Å². The fourth-order valence-corrected chi connectivity index (χ4v) is 3.78. The third-order valence-electron chi connectivity index (χ3n) is 4.20. The lowest BCUT2D eigenvalue weighted by atomic mass is 10.1. The summed E-state index contributed by atoms with van der Waals surface area (Å²) in [7, 11) is 1.07. The van der Waals surface area contributed by atoms with E-state index in [0.717, 1.165) is 5.56 Å². The maximum absolute atomic E-state index is 13.9. The highest BCUT2D eigenvalue weighted by Crippen LogP contribution is 2.49. The highest BCUT2D eigenvalue weighted by atomic mass is 31.2. The van der Waals surface area contributed by atoms with Gasteiger partial charge in [-0.25, -0.2) is 9.37 Å². The third-order valence-corrected chi connectivity index (χ3v) is 6.06. The van der Waals surface area contributed by atoms with E-state index in [-0.39, 0.29) is 11.5 Å². The van der Waals surface area contributed by atoms with Crippen LogP contribution in [0.5, 0.6) is 0 Å². The number of hydrogen-bond donors (Lipinski definition) is 0. The monoisotopic (exact) mass is 376 g/mol. The fourth-order valence-electron chi connectivity index (χ4n) is 2.72. The van der Waals surface area contributed by atoms with Gasteiger partial charge < -0.3 is 9.05 Å². The summed E-state index contributed by atoms with van der Waals surface area (Å²) in [6.45, 7) is 0. The zero-order valence-corrected chi connectivity index (χ0v) is 15.5. The van der Waals surface area contributed by atoms with Crippen molar-refractivity contribution in [3.63, 3.8) is 0 Å². The average Bonchev–Trinajstić information content (AvgIpc) is 2.65. The van der Waals surface area contributed by atoms with Crippen LogP contribution >= 0.6 is 7.60 Å². The van der Waals surface area contributed by atoms with E-state index >= 15 is 0 Å². The van der Waals surface area contributed by atoms with Gasteiger partial charge in [-0.1, -0.05) is 30.3 Å². The van der Waals surface area contributed by atoms with Crippen LogP contribution < -0.4 is 5.56 Å². The number of fused-ring (bicyclic) bond motifs is 1. The molecule has 0 radical (unpaired) electrons. The van der Waals surface area contributed by atoms with Gasteiger partial charge in [0.15, 0.2) is 0 Å². The summed E-state index contributed by atoms with van der Waals surface area (Å²) in [5.74, 6) is -0.173. The molecule has 8 heteroatoms. The van der Waals surface area contributed by atoms with Crippen molar-refractivity contribution in [2.24, 2.45) is 7.05 Å². The summed E-state index contributed by atoms with van der Waals surface area (Å²) in [5, 5.41) is -0.0310. The smallest absolute Gasteiger partial charge is 0.312 e. The molecule has 0 aliphatic carbocycles. The Morgan fingerprint density at radius 2 is 1.77 bits per heavy atom. The van der Waals surface area contributed by atoms with Crippen molar-refractivity contribution in [1.29, 1.82) is 0 Å².